The molecular formula is C19H16N6O3. The number of aryl methyl sites for hydroxylation is 2. The SMILES string of the molecule is COC(=O)c1c(C)nc(C)c2c(=O)n(-c3n[nH]c(-c4cccnc4)n3)ccc12. The highest BCUT2D eigenvalue weighted by Crippen LogP contribution is 2.22. The van der Waals surface area contributed by atoms with Gasteiger partial charge in [0, 0.05) is 29.5 Å². The van der Waals surface area contributed by atoms with E-state index in [0.717, 1.165) is 5.56 Å². The fraction of sp³-hybridized carbons (Fsp3) is 0.158. The second-order valence-electron chi connectivity index (χ2n) is 6.15. The van der Waals surface area contributed by atoms with Crippen molar-refractivity contribution in [3.8, 4) is 17.3 Å². The van der Waals surface area contributed by atoms with Crippen LogP contribution in [0.3, 0.4) is 0 Å². The van der Waals surface area contributed by atoms with Gasteiger partial charge in [-0.15, -0.1) is 5.10 Å². The van der Waals surface area contributed by atoms with Gasteiger partial charge in [0.25, 0.3) is 11.5 Å². The topological polar surface area (TPSA) is 116 Å². The number of methoxy groups -OCH3 is 1. The van der Waals surface area contributed by atoms with Gasteiger partial charge in [-0.25, -0.2) is 4.79 Å². The van der Waals surface area contributed by atoms with Crippen LogP contribution < -0.4 is 5.56 Å². The molecule has 0 atom stereocenters. The predicted octanol–water partition coefficient (Wildman–Crippen LogP) is 1.97. The molecule has 0 radical (unpaired) electrons. The lowest BCUT2D eigenvalue weighted by Gasteiger charge is -2.11. The largest absolute Gasteiger partial charge is 0.465 e. The fourth-order valence-electron chi connectivity index (χ4n) is 3.16. The molecule has 0 saturated heterocycles. The molecule has 0 unspecified atom stereocenters. The van der Waals surface area contributed by atoms with Crippen molar-refractivity contribution in [3.05, 3.63) is 64.1 Å². The lowest BCUT2D eigenvalue weighted by atomic mass is 10.0. The van der Waals surface area contributed by atoms with Crippen LogP contribution in [0.2, 0.25) is 0 Å². The van der Waals surface area contributed by atoms with Gasteiger partial charge in [-0.2, -0.15) is 4.98 Å². The monoisotopic (exact) mass is 376 g/mol. The van der Waals surface area contributed by atoms with Gasteiger partial charge < -0.3 is 4.74 Å². The Balaban J connectivity index is 1.91. The summed E-state index contributed by atoms with van der Waals surface area (Å²) in [5, 5.41) is 7.75. The number of nitrogens with zero attached hydrogens (tertiary/aromatic N) is 5. The molecule has 0 aromatic carbocycles. The van der Waals surface area contributed by atoms with Crippen LogP contribution >= 0.6 is 0 Å². The van der Waals surface area contributed by atoms with Crippen molar-refractivity contribution in [2.45, 2.75) is 13.8 Å². The quantitative estimate of drug-likeness (QED) is 0.543. The van der Waals surface area contributed by atoms with E-state index in [0.29, 0.717) is 28.0 Å². The zero-order valence-corrected chi connectivity index (χ0v) is 15.4. The summed E-state index contributed by atoms with van der Waals surface area (Å²) >= 11 is 0. The molecule has 0 fully saturated rings. The van der Waals surface area contributed by atoms with E-state index in [1.807, 2.05) is 6.07 Å². The van der Waals surface area contributed by atoms with Gasteiger partial charge in [0.15, 0.2) is 5.82 Å². The van der Waals surface area contributed by atoms with Crippen LogP contribution in [0.4, 0.5) is 0 Å². The number of pyridine rings is 3. The molecule has 4 heterocycles. The first-order valence-corrected chi connectivity index (χ1v) is 8.45. The van der Waals surface area contributed by atoms with Gasteiger partial charge in [0.2, 0.25) is 0 Å². The number of rotatable bonds is 3. The Kier molecular flexibility index (Phi) is 4.19. The Labute approximate surface area is 159 Å². The molecule has 0 aliphatic carbocycles. The summed E-state index contributed by atoms with van der Waals surface area (Å²) in [5.74, 6) is 0.137. The molecule has 1 N–H and O–H groups in total. The van der Waals surface area contributed by atoms with Gasteiger partial charge in [-0.05, 0) is 32.0 Å². The summed E-state index contributed by atoms with van der Waals surface area (Å²) in [6.07, 6.45) is 4.84. The number of ether oxygens (including phenoxy) is 1. The molecule has 0 amide bonds. The van der Waals surface area contributed by atoms with Crippen LogP contribution in [-0.4, -0.2) is 42.8 Å². The molecular weight excluding hydrogens is 360 g/mol. The fourth-order valence-corrected chi connectivity index (χ4v) is 3.16. The maximum atomic E-state index is 13.1. The van der Waals surface area contributed by atoms with Crippen molar-refractivity contribution >= 4 is 16.7 Å². The van der Waals surface area contributed by atoms with Crippen molar-refractivity contribution in [1.29, 1.82) is 0 Å². The number of aromatic nitrogens is 6. The van der Waals surface area contributed by atoms with Gasteiger partial charge in [-0.1, -0.05) is 0 Å². The molecule has 9 heteroatoms. The molecule has 4 aromatic rings. The van der Waals surface area contributed by atoms with E-state index < -0.39 is 5.97 Å². The average Bonchev–Trinajstić information content (AvgIpc) is 3.18. The first kappa shape index (κ1) is 17.5. The van der Waals surface area contributed by atoms with E-state index in [2.05, 4.69) is 25.1 Å². The number of H-pyrrole nitrogens is 1. The Bertz CT molecular complexity index is 1260. The number of hydrogen-bond donors (Lipinski definition) is 1. The maximum Gasteiger partial charge on any atom is 0.340 e. The molecule has 28 heavy (non-hydrogen) atoms. The number of esters is 1. The number of aromatic amines is 1. The maximum absolute atomic E-state index is 13.1. The third-order valence-corrected chi connectivity index (χ3v) is 4.43. The Hall–Kier alpha value is -3.88. The number of fused-ring (bicyclic) bond motifs is 1. The number of carbonyl (C=O) groups excluding carboxylic acids is 1. The molecule has 4 aromatic heterocycles. The van der Waals surface area contributed by atoms with Crippen LogP contribution in [0.1, 0.15) is 21.7 Å². The average molecular weight is 376 g/mol. The van der Waals surface area contributed by atoms with E-state index in [4.69, 9.17) is 4.74 Å². The van der Waals surface area contributed by atoms with Crippen molar-refractivity contribution in [1.82, 2.24) is 29.7 Å². The summed E-state index contributed by atoms with van der Waals surface area (Å²) in [7, 11) is 1.29. The summed E-state index contributed by atoms with van der Waals surface area (Å²) in [4.78, 5) is 38.1. The highest BCUT2D eigenvalue weighted by atomic mass is 16.5. The van der Waals surface area contributed by atoms with Crippen LogP contribution in [-0.2, 0) is 4.74 Å². The first-order valence-electron chi connectivity index (χ1n) is 8.45. The Morgan fingerprint density at radius 3 is 2.71 bits per heavy atom. The third kappa shape index (κ3) is 2.73. The van der Waals surface area contributed by atoms with Crippen molar-refractivity contribution < 1.29 is 9.53 Å². The van der Waals surface area contributed by atoms with Gasteiger partial charge in [0.1, 0.15) is 0 Å². The van der Waals surface area contributed by atoms with Gasteiger partial charge >= 0.3 is 5.97 Å². The third-order valence-electron chi connectivity index (χ3n) is 4.43. The van der Waals surface area contributed by atoms with Gasteiger partial charge in [0.05, 0.1) is 29.4 Å². The van der Waals surface area contributed by atoms with E-state index in [1.54, 1.807) is 38.4 Å². The van der Waals surface area contributed by atoms with Gasteiger partial charge in [-0.3, -0.25) is 24.4 Å². The normalized spacial score (nSPS) is 11.0. The summed E-state index contributed by atoms with van der Waals surface area (Å²) in [5.41, 5.74) is 1.67. The summed E-state index contributed by atoms with van der Waals surface area (Å²) in [6, 6.07) is 5.29. The van der Waals surface area contributed by atoms with E-state index >= 15 is 0 Å². The summed E-state index contributed by atoms with van der Waals surface area (Å²) < 4.78 is 6.16. The standard InChI is InChI=1S/C19H16N6O3/c1-10-14-13(15(11(2)21-10)18(27)28-3)6-8-25(17(14)26)19-22-16(23-24-19)12-5-4-7-20-9-12/h4-9H,1-3H3,(H,22,23,24). The second-order valence-corrected chi connectivity index (χ2v) is 6.15. The summed E-state index contributed by atoms with van der Waals surface area (Å²) in [6.45, 7) is 3.43. The van der Waals surface area contributed by atoms with E-state index in [1.165, 1.54) is 17.9 Å². The molecule has 140 valence electrons. The zero-order valence-electron chi connectivity index (χ0n) is 15.4. The predicted molar refractivity (Wildman–Crippen MR) is 101 cm³/mol. The Morgan fingerprint density at radius 2 is 2.00 bits per heavy atom. The Morgan fingerprint density at radius 1 is 1.18 bits per heavy atom. The molecule has 0 saturated carbocycles. The minimum absolute atomic E-state index is 0.186. The smallest absolute Gasteiger partial charge is 0.340 e. The lowest BCUT2D eigenvalue weighted by Crippen LogP contribution is -2.21. The molecule has 0 aliphatic heterocycles. The second kappa shape index (κ2) is 6.69. The first-order chi connectivity index (χ1) is 13.5. The molecule has 0 spiro atoms. The van der Waals surface area contributed by atoms with Crippen LogP contribution in [0, 0.1) is 13.8 Å². The highest BCUT2D eigenvalue weighted by molar-refractivity contribution is 6.05. The molecule has 0 aliphatic rings. The molecule has 9 nitrogen and oxygen atoms in total. The van der Waals surface area contributed by atoms with E-state index in [9.17, 15) is 9.59 Å². The number of hydrogen-bond acceptors (Lipinski definition) is 7. The number of carbonyl (C=O) groups is 1. The van der Waals surface area contributed by atoms with Crippen molar-refractivity contribution in [2.24, 2.45) is 0 Å². The van der Waals surface area contributed by atoms with Crippen molar-refractivity contribution in [3.63, 3.8) is 0 Å². The number of nitrogens with one attached hydrogen (secondary N) is 1. The van der Waals surface area contributed by atoms with Crippen LogP contribution in [0.15, 0.2) is 41.6 Å². The van der Waals surface area contributed by atoms with Crippen LogP contribution in [0.5, 0.6) is 0 Å². The van der Waals surface area contributed by atoms with Crippen LogP contribution in [0.25, 0.3) is 28.1 Å². The molecule has 0 bridgehead atoms. The minimum Gasteiger partial charge on any atom is -0.465 e. The minimum atomic E-state index is -0.538. The van der Waals surface area contributed by atoms with Crippen molar-refractivity contribution in [2.75, 3.05) is 7.11 Å². The lowest BCUT2D eigenvalue weighted by molar-refractivity contribution is 0.0601. The molecule has 4 rings (SSSR count). The zero-order chi connectivity index (χ0) is 19.8. The van der Waals surface area contributed by atoms with E-state index in [-0.39, 0.29) is 17.1 Å². The highest BCUT2D eigenvalue weighted by Gasteiger charge is 2.20.